The average Bonchev–Trinajstić information content (AvgIpc) is 3.17. The Labute approximate surface area is 147 Å². The molecule has 1 fully saturated rings. The fraction of sp³-hybridized carbons (Fsp3) is 0.368. The summed E-state index contributed by atoms with van der Waals surface area (Å²) in [6, 6.07) is 11.0. The lowest BCUT2D eigenvalue weighted by molar-refractivity contribution is 0.0607. The third-order valence-corrected chi connectivity index (χ3v) is 4.42. The van der Waals surface area contributed by atoms with Gasteiger partial charge < -0.3 is 14.6 Å². The molecule has 1 N–H and O–H groups in total. The molecule has 0 aliphatic carbocycles. The van der Waals surface area contributed by atoms with Crippen LogP contribution < -0.4 is 5.32 Å². The third kappa shape index (κ3) is 4.48. The van der Waals surface area contributed by atoms with Crippen LogP contribution in [0.2, 0.25) is 0 Å². The van der Waals surface area contributed by atoms with Gasteiger partial charge in [-0.05, 0) is 31.2 Å². The summed E-state index contributed by atoms with van der Waals surface area (Å²) >= 11 is 0. The molecule has 1 aromatic carbocycles. The van der Waals surface area contributed by atoms with E-state index in [2.05, 4.69) is 10.2 Å². The zero-order valence-electron chi connectivity index (χ0n) is 14.4. The summed E-state index contributed by atoms with van der Waals surface area (Å²) in [7, 11) is 0. The van der Waals surface area contributed by atoms with Crippen molar-refractivity contribution >= 4 is 11.8 Å². The Balaban J connectivity index is 1.38. The second-order valence-electron chi connectivity index (χ2n) is 6.23. The molecule has 2 heterocycles. The molecular formula is C19H23N3O3. The number of nitrogens with one attached hydrogen (secondary N) is 1. The molecule has 132 valence electrons. The number of rotatable bonds is 5. The van der Waals surface area contributed by atoms with E-state index in [1.165, 1.54) is 6.26 Å². The largest absolute Gasteiger partial charge is 0.459 e. The van der Waals surface area contributed by atoms with E-state index >= 15 is 0 Å². The maximum Gasteiger partial charge on any atom is 0.289 e. The highest BCUT2D eigenvalue weighted by Crippen LogP contribution is 2.09. The zero-order chi connectivity index (χ0) is 17.6. The number of nitrogens with zero attached hydrogens (tertiary/aromatic N) is 2. The molecule has 6 heteroatoms. The van der Waals surface area contributed by atoms with Crippen LogP contribution in [0.1, 0.15) is 26.5 Å². The van der Waals surface area contributed by atoms with Crippen molar-refractivity contribution in [2.75, 3.05) is 39.3 Å². The molecule has 3 rings (SSSR count). The summed E-state index contributed by atoms with van der Waals surface area (Å²) in [5, 5.41) is 2.95. The molecule has 1 aromatic heterocycles. The van der Waals surface area contributed by atoms with Gasteiger partial charge >= 0.3 is 0 Å². The Morgan fingerprint density at radius 1 is 1.08 bits per heavy atom. The van der Waals surface area contributed by atoms with E-state index in [0.717, 1.165) is 25.2 Å². The van der Waals surface area contributed by atoms with Crippen LogP contribution in [0.5, 0.6) is 0 Å². The first kappa shape index (κ1) is 17.2. The maximum absolute atomic E-state index is 12.2. The van der Waals surface area contributed by atoms with Crippen LogP contribution in [-0.4, -0.2) is 60.9 Å². The van der Waals surface area contributed by atoms with E-state index in [4.69, 9.17) is 4.42 Å². The normalized spacial score (nSPS) is 15.2. The van der Waals surface area contributed by atoms with E-state index in [1.54, 1.807) is 17.0 Å². The summed E-state index contributed by atoms with van der Waals surface area (Å²) in [4.78, 5) is 28.3. The average molecular weight is 341 g/mol. The van der Waals surface area contributed by atoms with Gasteiger partial charge in [-0.1, -0.05) is 17.7 Å². The highest BCUT2D eigenvalue weighted by molar-refractivity contribution is 5.94. The number of hydrogen-bond donors (Lipinski definition) is 1. The predicted molar refractivity (Wildman–Crippen MR) is 94.6 cm³/mol. The van der Waals surface area contributed by atoms with Gasteiger partial charge in [0.15, 0.2) is 5.76 Å². The predicted octanol–water partition coefficient (Wildman–Crippen LogP) is 1.78. The quantitative estimate of drug-likeness (QED) is 0.900. The van der Waals surface area contributed by atoms with E-state index in [0.29, 0.717) is 31.0 Å². The second-order valence-corrected chi connectivity index (χ2v) is 6.23. The second kappa shape index (κ2) is 7.98. The summed E-state index contributed by atoms with van der Waals surface area (Å²) in [5.74, 6) is 0.280. The Kier molecular flexibility index (Phi) is 5.50. The van der Waals surface area contributed by atoms with Crippen LogP contribution in [0.25, 0.3) is 0 Å². The van der Waals surface area contributed by atoms with Crippen LogP contribution in [0.4, 0.5) is 0 Å². The molecule has 2 amide bonds. The van der Waals surface area contributed by atoms with E-state index in [9.17, 15) is 9.59 Å². The number of piperazine rings is 1. The molecule has 1 aliphatic heterocycles. The van der Waals surface area contributed by atoms with Crippen molar-refractivity contribution in [1.29, 1.82) is 0 Å². The first-order chi connectivity index (χ1) is 12.1. The number of hydrogen-bond acceptors (Lipinski definition) is 4. The van der Waals surface area contributed by atoms with Gasteiger partial charge in [-0.2, -0.15) is 0 Å². The number of carbonyl (C=O) groups excluding carboxylic acids is 2. The van der Waals surface area contributed by atoms with Crippen LogP contribution in [0, 0.1) is 6.92 Å². The SMILES string of the molecule is Cc1ccc(C(=O)NCCN2CCN(C(=O)c3ccco3)CC2)cc1. The molecule has 0 spiro atoms. The minimum atomic E-state index is -0.0580. The molecule has 0 saturated carbocycles. The van der Waals surface area contributed by atoms with Gasteiger partial charge in [0.2, 0.25) is 0 Å². The summed E-state index contributed by atoms with van der Waals surface area (Å²) < 4.78 is 5.16. The Bertz CT molecular complexity index is 702. The van der Waals surface area contributed by atoms with Crippen molar-refractivity contribution in [2.45, 2.75) is 6.92 Å². The third-order valence-electron chi connectivity index (χ3n) is 4.42. The van der Waals surface area contributed by atoms with Crippen molar-refractivity contribution in [3.05, 3.63) is 59.5 Å². The minimum Gasteiger partial charge on any atom is -0.459 e. The summed E-state index contributed by atoms with van der Waals surface area (Å²) in [6.45, 7) is 6.31. The fourth-order valence-corrected chi connectivity index (χ4v) is 2.87. The number of furan rings is 1. The van der Waals surface area contributed by atoms with Gasteiger partial charge in [0, 0.05) is 44.8 Å². The van der Waals surface area contributed by atoms with E-state index in [-0.39, 0.29) is 11.8 Å². The van der Waals surface area contributed by atoms with Crippen LogP contribution in [-0.2, 0) is 0 Å². The first-order valence-electron chi connectivity index (χ1n) is 8.53. The standard InChI is InChI=1S/C19H23N3O3/c1-15-4-6-16(7-5-15)18(23)20-8-9-21-10-12-22(13-11-21)19(24)17-3-2-14-25-17/h2-7,14H,8-13H2,1H3,(H,20,23). The molecule has 0 radical (unpaired) electrons. The molecule has 2 aromatic rings. The smallest absolute Gasteiger partial charge is 0.289 e. The van der Waals surface area contributed by atoms with Crippen molar-refractivity contribution in [2.24, 2.45) is 0 Å². The summed E-state index contributed by atoms with van der Waals surface area (Å²) in [5.41, 5.74) is 1.82. The molecule has 1 saturated heterocycles. The number of benzene rings is 1. The molecule has 0 unspecified atom stereocenters. The van der Waals surface area contributed by atoms with E-state index in [1.807, 2.05) is 31.2 Å². The monoisotopic (exact) mass is 341 g/mol. The van der Waals surface area contributed by atoms with E-state index < -0.39 is 0 Å². The topological polar surface area (TPSA) is 65.8 Å². The molecule has 25 heavy (non-hydrogen) atoms. The van der Waals surface area contributed by atoms with Crippen molar-refractivity contribution in [1.82, 2.24) is 15.1 Å². The number of aryl methyl sites for hydroxylation is 1. The van der Waals surface area contributed by atoms with Crippen LogP contribution in [0.3, 0.4) is 0 Å². The zero-order valence-corrected chi connectivity index (χ0v) is 14.4. The highest BCUT2D eigenvalue weighted by Gasteiger charge is 2.23. The highest BCUT2D eigenvalue weighted by atomic mass is 16.3. The molecule has 6 nitrogen and oxygen atoms in total. The van der Waals surface area contributed by atoms with Crippen LogP contribution >= 0.6 is 0 Å². The van der Waals surface area contributed by atoms with Gasteiger partial charge in [0.1, 0.15) is 0 Å². The number of carbonyl (C=O) groups is 2. The first-order valence-corrected chi connectivity index (χ1v) is 8.53. The lowest BCUT2D eigenvalue weighted by Crippen LogP contribution is -2.50. The molecular weight excluding hydrogens is 318 g/mol. The fourth-order valence-electron chi connectivity index (χ4n) is 2.87. The Morgan fingerprint density at radius 3 is 2.44 bits per heavy atom. The summed E-state index contributed by atoms with van der Waals surface area (Å²) in [6.07, 6.45) is 1.51. The molecule has 0 bridgehead atoms. The van der Waals surface area contributed by atoms with Crippen molar-refractivity contribution in [3.8, 4) is 0 Å². The molecule has 1 aliphatic rings. The van der Waals surface area contributed by atoms with Crippen molar-refractivity contribution < 1.29 is 14.0 Å². The Hall–Kier alpha value is -2.60. The lowest BCUT2D eigenvalue weighted by Gasteiger charge is -2.34. The minimum absolute atomic E-state index is 0.0494. The van der Waals surface area contributed by atoms with Crippen molar-refractivity contribution in [3.63, 3.8) is 0 Å². The lowest BCUT2D eigenvalue weighted by atomic mass is 10.1. The number of amides is 2. The Morgan fingerprint density at radius 2 is 1.80 bits per heavy atom. The molecule has 0 atom stereocenters. The van der Waals surface area contributed by atoms with Crippen LogP contribution in [0.15, 0.2) is 47.1 Å². The van der Waals surface area contributed by atoms with Gasteiger partial charge in [-0.15, -0.1) is 0 Å². The van der Waals surface area contributed by atoms with Gasteiger partial charge in [-0.3, -0.25) is 14.5 Å². The van der Waals surface area contributed by atoms with Gasteiger partial charge in [0.05, 0.1) is 6.26 Å². The van der Waals surface area contributed by atoms with Gasteiger partial charge in [-0.25, -0.2) is 0 Å². The van der Waals surface area contributed by atoms with Gasteiger partial charge in [0.25, 0.3) is 11.8 Å². The maximum atomic E-state index is 12.2.